The second-order valence-electron chi connectivity index (χ2n) is 7.64. The van der Waals surface area contributed by atoms with Gasteiger partial charge in [-0.15, -0.1) is 0 Å². The van der Waals surface area contributed by atoms with Gasteiger partial charge in [0.2, 0.25) is 11.8 Å². The molecule has 1 N–H and O–H groups in total. The first-order chi connectivity index (χ1) is 14.5. The Morgan fingerprint density at radius 3 is 2.57 bits per heavy atom. The number of aromatic nitrogens is 2. The van der Waals surface area contributed by atoms with Gasteiger partial charge >= 0.3 is 0 Å². The number of hydrogen-bond acceptors (Lipinski definition) is 6. The highest BCUT2D eigenvalue weighted by atomic mass is 16.2. The van der Waals surface area contributed by atoms with Gasteiger partial charge in [-0.25, -0.2) is 0 Å². The summed E-state index contributed by atoms with van der Waals surface area (Å²) in [7, 11) is 0. The lowest BCUT2D eigenvalue weighted by atomic mass is 10.0. The molecular weight excluding hydrogens is 382 g/mol. The maximum atomic E-state index is 12.8. The van der Waals surface area contributed by atoms with Crippen LogP contribution in [0.25, 0.3) is 11.3 Å². The summed E-state index contributed by atoms with van der Waals surface area (Å²) in [6.07, 6.45) is 0.605. The van der Waals surface area contributed by atoms with Crippen molar-refractivity contribution in [3.05, 3.63) is 47.2 Å². The highest BCUT2D eigenvalue weighted by molar-refractivity contribution is 6.05. The lowest BCUT2D eigenvalue weighted by Gasteiger charge is -2.29. The molecule has 1 atom stereocenters. The summed E-state index contributed by atoms with van der Waals surface area (Å²) in [6.45, 7) is 7.27. The van der Waals surface area contributed by atoms with Crippen molar-refractivity contribution in [2.75, 3.05) is 13.1 Å². The summed E-state index contributed by atoms with van der Waals surface area (Å²) < 4.78 is 0. The molecule has 8 heteroatoms. The number of carbonyl (C=O) groups is 3. The smallest absolute Gasteiger partial charge is 0.255 e. The van der Waals surface area contributed by atoms with Crippen LogP contribution >= 0.6 is 0 Å². The Balaban J connectivity index is 1.51. The molecule has 1 aromatic heterocycles. The zero-order valence-corrected chi connectivity index (χ0v) is 17.2. The van der Waals surface area contributed by atoms with Crippen LogP contribution in [-0.4, -0.2) is 56.9 Å². The summed E-state index contributed by atoms with van der Waals surface area (Å²) in [5.41, 5.74) is 4.00. The molecule has 3 amide bonds. The highest BCUT2D eigenvalue weighted by Gasteiger charge is 2.39. The third-order valence-electron chi connectivity index (χ3n) is 5.82. The van der Waals surface area contributed by atoms with Crippen molar-refractivity contribution < 1.29 is 14.4 Å². The molecule has 0 bridgehead atoms. The van der Waals surface area contributed by atoms with Gasteiger partial charge in [0, 0.05) is 30.6 Å². The monoisotopic (exact) mass is 407 g/mol. The van der Waals surface area contributed by atoms with Gasteiger partial charge in [0.1, 0.15) is 6.04 Å². The first kappa shape index (κ1) is 20.2. The molecule has 1 saturated heterocycles. The molecule has 0 radical (unpaired) electrons. The molecule has 4 rings (SSSR count). The molecule has 8 nitrogen and oxygen atoms in total. The van der Waals surface area contributed by atoms with E-state index in [2.05, 4.69) is 34.3 Å². The van der Waals surface area contributed by atoms with E-state index < -0.39 is 11.9 Å². The van der Waals surface area contributed by atoms with E-state index in [9.17, 15) is 14.4 Å². The fraction of sp³-hybridized carbons (Fsp3) is 0.409. The zero-order valence-electron chi connectivity index (χ0n) is 17.2. The average molecular weight is 407 g/mol. The molecule has 1 aromatic carbocycles. The third kappa shape index (κ3) is 3.82. The maximum absolute atomic E-state index is 12.8. The zero-order chi connectivity index (χ0) is 21.3. The number of nitrogens with one attached hydrogen (secondary N) is 1. The van der Waals surface area contributed by atoms with Crippen LogP contribution in [0.2, 0.25) is 0 Å². The first-order valence-corrected chi connectivity index (χ1v) is 10.3. The Labute approximate surface area is 175 Å². The molecule has 0 aliphatic carbocycles. The van der Waals surface area contributed by atoms with Crippen molar-refractivity contribution in [3.8, 4) is 11.3 Å². The number of piperidine rings is 1. The summed E-state index contributed by atoms with van der Waals surface area (Å²) >= 11 is 0. The van der Waals surface area contributed by atoms with E-state index >= 15 is 0 Å². The van der Waals surface area contributed by atoms with Crippen LogP contribution in [0.5, 0.6) is 0 Å². The number of rotatable bonds is 6. The van der Waals surface area contributed by atoms with Crippen LogP contribution in [0, 0.1) is 0 Å². The molecule has 30 heavy (non-hydrogen) atoms. The molecule has 2 aliphatic rings. The molecule has 2 aromatic rings. The minimum atomic E-state index is -0.606. The average Bonchev–Trinajstić information content (AvgIpc) is 3.08. The largest absolute Gasteiger partial charge is 0.322 e. The van der Waals surface area contributed by atoms with Crippen LogP contribution < -0.4 is 5.32 Å². The SMILES string of the molecule is CCN(CC)Cc1ccc(-c2ccc3c(c2)CN(C2CCC(=O)NC2=O)C3=O)nn1. The lowest BCUT2D eigenvalue weighted by molar-refractivity contribution is -0.136. The Morgan fingerprint density at radius 1 is 1.10 bits per heavy atom. The molecule has 0 spiro atoms. The van der Waals surface area contributed by atoms with Crippen molar-refractivity contribution >= 4 is 17.7 Å². The molecular formula is C22H25N5O3. The van der Waals surface area contributed by atoms with Crippen LogP contribution in [0.15, 0.2) is 30.3 Å². The number of fused-ring (bicyclic) bond motifs is 1. The topological polar surface area (TPSA) is 95.5 Å². The molecule has 0 saturated carbocycles. The second-order valence-corrected chi connectivity index (χ2v) is 7.64. The van der Waals surface area contributed by atoms with Gasteiger partial charge in [0.25, 0.3) is 5.91 Å². The predicted molar refractivity (Wildman–Crippen MR) is 110 cm³/mol. The Kier molecular flexibility index (Phi) is 5.59. The van der Waals surface area contributed by atoms with E-state index in [4.69, 9.17) is 0 Å². The van der Waals surface area contributed by atoms with Crippen molar-refractivity contribution in [1.82, 2.24) is 25.3 Å². The van der Waals surface area contributed by atoms with Crippen LogP contribution in [0.4, 0.5) is 0 Å². The standard InChI is InChI=1S/C22H25N5O3/c1-3-26(4-2)13-16-6-8-18(25-24-16)14-5-7-17-15(11-14)12-27(22(17)30)19-9-10-20(28)23-21(19)29/h5-8,11,19H,3-4,9-10,12-13H2,1-2H3,(H,23,28,29). The minimum Gasteiger partial charge on any atom is -0.322 e. The first-order valence-electron chi connectivity index (χ1n) is 10.3. The molecule has 1 unspecified atom stereocenters. The quantitative estimate of drug-likeness (QED) is 0.733. The van der Waals surface area contributed by atoms with Gasteiger partial charge in [-0.1, -0.05) is 19.9 Å². The Morgan fingerprint density at radius 2 is 1.90 bits per heavy atom. The van der Waals surface area contributed by atoms with Gasteiger partial charge in [-0.05, 0) is 49.3 Å². The second kappa shape index (κ2) is 8.31. The van der Waals surface area contributed by atoms with E-state index in [1.54, 1.807) is 11.0 Å². The number of imide groups is 1. The number of hydrogen-bond donors (Lipinski definition) is 1. The van der Waals surface area contributed by atoms with E-state index in [1.165, 1.54) is 0 Å². The van der Waals surface area contributed by atoms with Crippen molar-refractivity contribution in [2.45, 2.75) is 45.8 Å². The highest BCUT2D eigenvalue weighted by Crippen LogP contribution is 2.30. The van der Waals surface area contributed by atoms with Crippen molar-refractivity contribution in [2.24, 2.45) is 0 Å². The fourth-order valence-corrected chi connectivity index (χ4v) is 4.01. The van der Waals surface area contributed by atoms with Crippen molar-refractivity contribution in [1.29, 1.82) is 0 Å². The van der Waals surface area contributed by atoms with E-state index in [0.29, 0.717) is 18.5 Å². The summed E-state index contributed by atoms with van der Waals surface area (Å²) in [5, 5.41) is 11.0. The summed E-state index contributed by atoms with van der Waals surface area (Å²) in [5.74, 6) is -0.861. The number of nitrogens with zero attached hydrogens (tertiary/aromatic N) is 4. The summed E-state index contributed by atoms with van der Waals surface area (Å²) in [6, 6.07) is 8.90. The van der Waals surface area contributed by atoms with E-state index in [-0.39, 0.29) is 18.2 Å². The van der Waals surface area contributed by atoms with Gasteiger partial charge in [0.05, 0.1) is 11.4 Å². The van der Waals surface area contributed by atoms with Crippen LogP contribution in [0.1, 0.15) is 48.3 Å². The Bertz CT molecular complexity index is 985. The minimum absolute atomic E-state index is 0.174. The molecule has 3 heterocycles. The fourth-order valence-electron chi connectivity index (χ4n) is 4.01. The van der Waals surface area contributed by atoms with E-state index in [1.807, 2.05) is 24.3 Å². The van der Waals surface area contributed by atoms with Crippen LogP contribution in [0.3, 0.4) is 0 Å². The number of carbonyl (C=O) groups excluding carboxylic acids is 3. The third-order valence-corrected chi connectivity index (χ3v) is 5.82. The Hall–Kier alpha value is -3.13. The van der Waals surface area contributed by atoms with Gasteiger partial charge < -0.3 is 4.90 Å². The maximum Gasteiger partial charge on any atom is 0.255 e. The predicted octanol–water partition coefficient (Wildman–Crippen LogP) is 1.75. The lowest BCUT2D eigenvalue weighted by Crippen LogP contribution is -2.52. The van der Waals surface area contributed by atoms with E-state index in [0.717, 1.165) is 42.1 Å². The molecule has 156 valence electrons. The van der Waals surface area contributed by atoms with Crippen molar-refractivity contribution in [3.63, 3.8) is 0 Å². The summed E-state index contributed by atoms with van der Waals surface area (Å²) in [4.78, 5) is 40.2. The number of benzene rings is 1. The molecule has 1 fully saturated rings. The van der Waals surface area contributed by atoms with Gasteiger partial charge in [-0.3, -0.25) is 24.6 Å². The molecule has 2 aliphatic heterocycles. The number of amides is 3. The normalized spacial score (nSPS) is 18.7. The van der Waals surface area contributed by atoms with Gasteiger partial charge in [-0.2, -0.15) is 10.2 Å². The van der Waals surface area contributed by atoms with Gasteiger partial charge in [0.15, 0.2) is 0 Å². The van der Waals surface area contributed by atoms with Crippen LogP contribution in [-0.2, 0) is 22.7 Å².